The third-order valence-corrected chi connectivity index (χ3v) is 5.46. The lowest BCUT2D eigenvalue weighted by atomic mass is 9.85. The lowest BCUT2D eigenvalue weighted by Gasteiger charge is -2.22. The Morgan fingerprint density at radius 3 is 2.52 bits per heavy atom. The summed E-state index contributed by atoms with van der Waals surface area (Å²) in [6, 6.07) is 4.16. The topological polar surface area (TPSA) is 105 Å². The van der Waals surface area contributed by atoms with E-state index in [1.54, 1.807) is 6.92 Å². The molecule has 0 saturated heterocycles. The van der Waals surface area contributed by atoms with Crippen LogP contribution in [0.1, 0.15) is 61.9 Å². The van der Waals surface area contributed by atoms with E-state index >= 15 is 0 Å². The fourth-order valence-corrected chi connectivity index (χ4v) is 3.95. The number of aromatic amines is 1. The molecule has 1 saturated carbocycles. The van der Waals surface area contributed by atoms with Crippen LogP contribution < -0.4 is 5.73 Å². The second kappa shape index (κ2) is 6.37. The SMILES string of the molecule is CC(=N)/C(=C(/C)N)c1cc(-c2c(C)noc2C)cc2[nH]c(C3CCC3)nc12. The summed E-state index contributed by atoms with van der Waals surface area (Å²) in [6.07, 6.45) is 3.60. The van der Waals surface area contributed by atoms with Gasteiger partial charge in [-0.1, -0.05) is 11.6 Å². The average molecular weight is 363 g/mol. The van der Waals surface area contributed by atoms with Gasteiger partial charge in [0.15, 0.2) is 0 Å². The van der Waals surface area contributed by atoms with Crippen LogP contribution in [0.4, 0.5) is 0 Å². The van der Waals surface area contributed by atoms with Gasteiger partial charge in [0, 0.05) is 34.0 Å². The van der Waals surface area contributed by atoms with Crippen LogP contribution in [-0.2, 0) is 0 Å². The number of hydrogen-bond acceptors (Lipinski definition) is 5. The number of H-pyrrole nitrogens is 1. The molecule has 1 aromatic carbocycles. The zero-order chi connectivity index (χ0) is 19.3. The number of aromatic nitrogens is 3. The van der Waals surface area contributed by atoms with Crippen LogP contribution in [0.5, 0.6) is 0 Å². The van der Waals surface area contributed by atoms with Crippen molar-refractivity contribution in [1.29, 1.82) is 5.41 Å². The van der Waals surface area contributed by atoms with Gasteiger partial charge >= 0.3 is 0 Å². The van der Waals surface area contributed by atoms with E-state index in [1.807, 2.05) is 20.8 Å². The quantitative estimate of drug-likeness (QED) is 0.577. The molecule has 0 aliphatic heterocycles. The lowest BCUT2D eigenvalue weighted by molar-refractivity contribution is 0.393. The molecule has 6 heteroatoms. The maximum Gasteiger partial charge on any atom is 0.141 e. The zero-order valence-corrected chi connectivity index (χ0v) is 16.2. The highest BCUT2D eigenvalue weighted by atomic mass is 16.5. The lowest BCUT2D eigenvalue weighted by Crippen LogP contribution is -2.10. The number of aryl methyl sites for hydroxylation is 2. The van der Waals surface area contributed by atoms with Crippen LogP contribution in [-0.4, -0.2) is 20.8 Å². The molecule has 1 aliphatic rings. The molecule has 0 radical (unpaired) electrons. The summed E-state index contributed by atoms with van der Waals surface area (Å²) in [7, 11) is 0. The van der Waals surface area contributed by atoms with E-state index < -0.39 is 0 Å². The first-order chi connectivity index (χ1) is 12.9. The molecule has 3 aromatic rings. The molecule has 27 heavy (non-hydrogen) atoms. The minimum atomic E-state index is 0.431. The van der Waals surface area contributed by atoms with Crippen molar-refractivity contribution in [2.24, 2.45) is 5.73 Å². The number of benzene rings is 1. The van der Waals surface area contributed by atoms with Crippen molar-refractivity contribution in [3.05, 3.63) is 40.7 Å². The number of rotatable bonds is 4. The van der Waals surface area contributed by atoms with Gasteiger partial charge < -0.3 is 20.7 Å². The largest absolute Gasteiger partial charge is 0.402 e. The van der Waals surface area contributed by atoms with Crippen LogP contribution in [0.3, 0.4) is 0 Å². The van der Waals surface area contributed by atoms with Gasteiger partial charge in [-0.15, -0.1) is 0 Å². The summed E-state index contributed by atoms with van der Waals surface area (Å²) in [5.74, 6) is 2.31. The minimum Gasteiger partial charge on any atom is -0.402 e. The van der Waals surface area contributed by atoms with E-state index in [1.165, 1.54) is 19.3 Å². The first-order valence-electron chi connectivity index (χ1n) is 9.36. The minimum absolute atomic E-state index is 0.431. The van der Waals surface area contributed by atoms with Gasteiger partial charge in [0.1, 0.15) is 11.6 Å². The first kappa shape index (κ1) is 17.5. The highest BCUT2D eigenvalue weighted by Crippen LogP contribution is 2.39. The van der Waals surface area contributed by atoms with Crippen molar-refractivity contribution in [3.8, 4) is 11.1 Å². The van der Waals surface area contributed by atoms with E-state index in [-0.39, 0.29) is 0 Å². The van der Waals surface area contributed by atoms with Gasteiger partial charge in [-0.2, -0.15) is 0 Å². The monoisotopic (exact) mass is 363 g/mol. The Balaban J connectivity index is 2.02. The van der Waals surface area contributed by atoms with E-state index in [9.17, 15) is 0 Å². The van der Waals surface area contributed by atoms with Crippen LogP contribution in [0.2, 0.25) is 0 Å². The van der Waals surface area contributed by atoms with Gasteiger partial charge in [0.05, 0.1) is 16.7 Å². The average Bonchev–Trinajstić information content (AvgIpc) is 3.08. The number of nitrogens with one attached hydrogen (secondary N) is 2. The molecule has 2 aromatic heterocycles. The van der Waals surface area contributed by atoms with Gasteiger partial charge in [-0.3, -0.25) is 0 Å². The molecular formula is C21H25N5O. The third kappa shape index (κ3) is 2.85. The molecule has 0 unspecified atom stereocenters. The van der Waals surface area contributed by atoms with Crippen LogP contribution in [0.25, 0.3) is 27.7 Å². The Kier molecular flexibility index (Phi) is 4.13. The number of hydrogen-bond donors (Lipinski definition) is 3. The summed E-state index contributed by atoms with van der Waals surface area (Å²) >= 11 is 0. The summed E-state index contributed by atoms with van der Waals surface area (Å²) in [5, 5.41) is 12.3. The van der Waals surface area contributed by atoms with Crippen molar-refractivity contribution in [3.63, 3.8) is 0 Å². The van der Waals surface area contributed by atoms with Crippen molar-refractivity contribution in [1.82, 2.24) is 15.1 Å². The molecule has 4 rings (SSSR count). The van der Waals surface area contributed by atoms with Crippen LogP contribution in [0.15, 0.2) is 22.4 Å². The van der Waals surface area contributed by atoms with Gasteiger partial charge in [-0.05, 0) is 58.2 Å². The number of fused-ring (bicyclic) bond motifs is 1. The molecule has 1 aliphatic carbocycles. The predicted molar refractivity (Wildman–Crippen MR) is 108 cm³/mol. The fraction of sp³-hybridized carbons (Fsp3) is 0.381. The molecular weight excluding hydrogens is 338 g/mol. The van der Waals surface area contributed by atoms with E-state index in [0.717, 1.165) is 50.6 Å². The normalized spacial score (nSPS) is 15.7. The Morgan fingerprint density at radius 2 is 2.00 bits per heavy atom. The highest BCUT2D eigenvalue weighted by molar-refractivity contribution is 6.24. The molecule has 0 atom stereocenters. The number of imidazole rings is 1. The molecule has 1 fully saturated rings. The van der Waals surface area contributed by atoms with Crippen molar-refractivity contribution < 1.29 is 4.52 Å². The maximum absolute atomic E-state index is 8.26. The van der Waals surface area contributed by atoms with Gasteiger partial charge in [0.2, 0.25) is 0 Å². The van der Waals surface area contributed by atoms with Crippen molar-refractivity contribution >= 4 is 22.3 Å². The third-order valence-electron chi connectivity index (χ3n) is 5.46. The van der Waals surface area contributed by atoms with Gasteiger partial charge in [0.25, 0.3) is 0 Å². The van der Waals surface area contributed by atoms with Gasteiger partial charge in [-0.25, -0.2) is 4.98 Å². The summed E-state index contributed by atoms with van der Waals surface area (Å²) in [6.45, 7) is 7.45. The van der Waals surface area contributed by atoms with E-state index in [2.05, 4.69) is 22.3 Å². The summed E-state index contributed by atoms with van der Waals surface area (Å²) in [5.41, 5.74) is 13.5. The second-order valence-corrected chi connectivity index (χ2v) is 7.55. The Hall–Kier alpha value is -2.89. The van der Waals surface area contributed by atoms with E-state index in [0.29, 0.717) is 17.3 Å². The fourth-order valence-electron chi connectivity index (χ4n) is 3.95. The molecule has 140 valence electrons. The Labute approximate surface area is 158 Å². The molecule has 0 spiro atoms. The predicted octanol–water partition coefficient (Wildman–Crippen LogP) is 4.83. The summed E-state index contributed by atoms with van der Waals surface area (Å²) < 4.78 is 5.37. The molecule has 4 N–H and O–H groups in total. The Morgan fingerprint density at radius 1 is 1.26 bits per heavy atom. The number of nitrogens with zero attached hydrogens (tertiary/aromatic N) is 2. The van der Waals surface area contributed by atoms with E-state index in [4.69, 9.17) is 20.7 Å². The molecule has 0 bridgehead atoms. The molecule has 2 heterocycles. The maximum atomic E-state index is 8.26. The van der Waals surface area contributed by atoms with Crippen molar-refractivity contribution in [2.75, 3.05) is 0 Å². The number of nitrogens with two attached hydrogens (primary N) is 1. The smallest absolute Gasteiger partial charge is 0.141 e. The number of allylic oxidation sites excluding steroid dienone is 2. The van der Waals surface area contributed by atoms with Crippen LogP contribution >= 0.6 is 0 Å². The standard InChI is InChI=1S/C21H25N5O/c1-10(22)18(11(2)23)16-8-15(19-12(3)26-27-13(19)4)9-17-20(16)25-21(24-17)14-6-5-7-14/h8-9,14,22H,5-7,23H2,1-4H3,(H,24,25)/b18-11+,22-10?. The first-order valence-corrected chi connectivity index (χ1v) is 9.36. The molecule has 6 nitrogen and oxygen atoms in total. The highest BCUT2D eigenvalue weighted by Gasteiger charge is 2.25. The van der Waals surface area contributed by atoms with Crippen molar-refractivity contribution in [2.45, 2.75) is 52.9 Å². The van der Waals surface area contributed by atoms with Crippen LogP contribution in [0, 0.1) is 19.3 Å². The Bertz CT molecular complexity index is 1060. The second-order valence-electron chi connectivity index (χ2n) is 7.55. The molecule has 0 amide bonds. The zero-order valence-electron chi connectivity index (χ0n) is 16.2. The summed E-state index contributed by atoms with van der Waals surface area (Å²) in [4.78, 5) is 8.42.